The van der Waals surface area contributed by atoms with E-state index in [2.05, 4.69) is 58.1 Å². The van der Waals surface area contributed by atoms with Gasteiger partial charge in [0.05, 0.1) is 0 Å². The summed E-state index contributed by atoms with van der Waals surface area (Å²) >= 11 is 0. The van der Waals surface area contributed by atoms with Crippen molar-refractivity contribution in [1.29, 1.82) is 0 Å². The Morgan fingerprint density at radius 3 is 2.74 bits per heavy atom. The van der Waals surface area contributed by atoms with E-state index in [9.17, 15) is 4.79 Å². The first-order chi connectivity index (χ1) is 13.1. The summed E-state index contributed by atoms with van der Waals surface area (Å²) in [5.74, 6) is 1.10. The molecule has 5 heteroatoms. The van der Waals surface area contributed by atoms with Gasteiger partial charge in [0.2, 0.25) is 5.91 Å². The second-order valence-electron chi connectivity index (χ2n) is 7.50. The summed E-state index contributed by atoms with van der Waals surface area (Å²) in [5, 5.41) is 9.39. The Morgan fingerprint density at radius 1 is 1.22 bits per heavy atom. The number of fused-ring (bicyclic) bond motifs is 1. The maximum absolute atomic E-state index is 12.1. The number of hydrogen-bond acceptors (Lipinski definition) is 2. The SMILES string of the molecule is CN=C(NCCc1ccc2ccccc2c1)NC1CCN(C(=O)C(C)C)C1. The van der Waals surface area contributed by atoms with Crippen LogP contribution >= 0.6 is 0 Å². The molecule has 27 heavy (non-hydrogen) atoms. The number of rotatable bonds is 5. The average Bonchev–Trinajstić information content (AvgIpc) is 3.14. The minimum absolute atomic E-state index is 0.0585. The molecule has 1 saturated heterocycles. The van der Waals surface area contributed by atoms with E-state index in [4.69, 9.17) is 0 Å². The number of guanidine groups is 1. The quantitative estimate of drug-likeness (QED) is 0.632. The molecule has 1 atom stereocenters. The van der Waals surface area contributed by atoms with Gasteiger partial charge in [0.15, 0.2) is 5.96 Å². The smallest absolute Gasteiger partial charge is 0.225 e. The monoisotopic (exact) mass is 366 g/mol. The standard InChI is InChI=1S/C22H30N4O/c1-16(2)21(27)26-13-11-20(15-26)25-22(23-3)24-12-10-17-8-9-18-6-4-5-7-19(18)14-17/h4-9,14,16,20H,10-13,15H2,1-3H3,(H2,23,24,25). The van der Waals surface area contributed by atoms with Crippen molar-refractivity contribution in [1.82, 2.24) is 15.5 Å². The zero-order chi connectivity index (χ0) is 19.2. The number of amides is 1. The molecule has 2 N–H and O–H groups in total. The summed E-state index contributed by atoms with van der Waals surface area (Å²) in [4.78, 5) is 18.4. The highest BCUT2D eigenvalue weighted by atomic mass is 16.2. The molecule has 1 unspecified atom stereocenters. The predicted molar refractivity (Wildman–Crippen MR) is 112 cm³/mol. The molecule has 1 heterocycles. The lowest BCUT2D eigenvalue weighted by molar-refractivity contribution is -0.133. The number of likely N-dealkylation sites (tertiary alicyclic amines) is 1. The average molecular weight is 367 g/mol. The van der Waals surface area contributed by atoms with Crippen LogP contribution in [-0.4, -0.2) is 49.5 Å². The third-order valence-corrected chi connectivity index (χ3v) is 5.08. The summed E-state index contributed by atoms with van der Waals surface area (Å²) in [6.07, 6.45) is 1.90. The molecule has 1 aliphatic heterocycles. The van der Waals surface area contributed by atoms with Crippen molar-refractivity contribution in [3.63, 3.8) is 0 Å². The topological polar surface area (TPSA) is 56.7 Å². The van der Waals surface area contributed by atoms with Crippen LogP contribution in [-0.2, 0) is 11.2 Å². The van der Waals surface area contributed by atoms with E-state index in [0.717, 1.165) is 38.4 Å². The second-order valence-corrected chi connectivity index (χ2v) is 7.50. The first-order valence-electron chi connectivity index (χ1n) is 9.80. The Balaban J connectivity index is 1.47. The van der Waals surface area contributed by atoms with E-state index in [1.165, 1.54) is 16.3 Å². The number of carbonyl (C=O) groups excluding carboxylic acids is 1. The van der Waals surface area contributed by atoms with E-state index in [1.807, 2.05) is 18.7 Å². The fourth-order valence-corrected chi connectivity index (χ4v) is 3.55. The van der Waals surface area contributed by atoms with Gasteiger partial charge in [-0.15, -0.1) is 0 Å². The van der Waals surface area contributed by atoms with Gasteiger partial charge in [-0.25, -0.2) is 0 Å². The molecule has 1 amide bonds. The van der Waals surface area contributed by atoms with E-state index in [0.29, 0.717) is 0 Å². The minimum atomic E-state index is 0.0585. The van der Waals surface area contributed by atoms with Crippen LogP contribution in [0.1, 0.15) is 25.8 Å². The Hall–Kier alpha value is -2.56. The molecule has 0 aromatic heterocycles. The van der Waals surface area contributed by atoms with Crippen molar-refractivity contribution in [3.8, 4) is 0 Å². The van der Waals surface area contributed by atoms with Gasteiger partial charge in [-0.3, -0.25) is 9.79 Å². The van der Waals surface area contributed by atoms with Gasteiger partial charge in [0, 0.05) is 38.6 Å². The highest BCUT2D eigenvalue weighted by molar-refractivity contribution is 5.83. The van der Waals surface area contributed by atoms with Crippen LogP contribution < -0.4 is 10.6 Å². The molecular weight excluding hydrogens is 336 g/mol. The van der Waals surface area contributed by atoms with Crippen molar-refractivity contribution in [2.75, 3.05) is 26.7 Å². The zero-order valence-electron chi connectivity index (χ0n) is 16.5. The molecule has 5 nitrogen and oxygen atoms in total. The number of aliphatic imine (C=N–C) groups is 1. The molecule has 0 spiro atoms. The summed E-state index contributed by atoms with van der Waals surface area (Å²) < 4.78 is 0. The molecule has 3 rings (SSSR count). The molecule has 1 aliphatic rings. The minimum Gasteiger partial charge on any atom is -0.356 e. The molecule has 2 aromatic rings. The molecule has 0 bridgehead atoms. The largest absolute Gasteiger partial charge is 0.356 e. The van der Waals surface area contributed by atoms with Gasteiger partial charge in [-0.2, -0.15) is 0 Å². The summed E-state index contributed by atoms with van der Waals surface area (Å²) in [7, 11) is 1.79. The van der Waals surface area contributed by atoms with Crippen LogP contribution in [0.5, 0.6) is 0 Å². The fourth-order valence-electron chi connectivity index (χ4n) is 3.55. The maximum Gasteiger partial charge on any atom is 0.225 e. The van der Waals surface area contributed by atoms with Crippen LogP contribution in [0.25, 0.3) is 10.8 Å². The van der Waals surface area contributed by atoms with E-state index in [1.54, 1.807) is 7.05 Å². The lowest BCUT2D eigenvalue weighted by Gasteiger charge is -2.20. The van der Waals surface area contributed by atoms with Gasteiger partial charge in [0.1, 0.15) is 0 Å². The number of nitrogens with one attached hydrogen (secondary N) is 2. The van der Waals surface area contributed by atoms with Crippen LogP contribution in [0.2, 0.25) is 0 Å². The summed E-state index contributed by atoms with van der Waals surface area (Å²) in [6.45, 7) is 6.30. The van der Waals surface area contributed by atoms with Crippen LogP contribution in [0.15, 0.2) is 47.5 Å². The van der Waals surface area contributed by atoms with E-state index in [-0.39, 0.29) is 17.9 Å². The molecular formula is C22H30N4O. The number of nitrogens with zero attached hydrogens (tertiary/aromatic N) is 2. The van der Waals surface area contributed by atoms with Gasteiger partial charge in [0.25, 0.3) is 0 Å². The number of benzene rings is 2. The number of hydrogen-bond donors (Lipinski definition) is 2. The second kappa shape index (κ2) is 8.89. The zero-order valence-corrected chi connectivity index (χ0v) is 16.5. The molecule has 0 aliphatic carbocycles. The Labute approximate surface area is 161 Å². The van der Waals surface area contributed by atoms with Crippen molar-refractivity contribution >= 4 is 22.6 Å². The van der Waals surface area contributed by atoms with Crippen molar-refractivity contribution in [2.45, 2.75) is 32.7 Å². The van der Waals surface area contributed by atoms with E-state index < -0.39 is 0 Å². The third kappa shape index (κ3) is 5.00. The summed E-state index contributed by atoms with van der Waals surface area (Å²) in [6, 6.07) is 15.3. The first kappa shape index (κ1) is 19.2. The number of carbonyl (C=O) groups is 1. The Bertz CT molecular complexity index is 815. The van der Waals surface area contributed by atoms with E-state index >= 15 is 0 Å². The lowest BCUT2D eigenvalue weighted by Crippen LogP contribution is -2.45. The van der Waals surface area contributed by atoms with Crippen LogP contribution in [0.4, 0.5) is 0 Å². The normalized spacial score (nSPS) is 17.6. The molecule has 0 radical (unpaired) electrons. The molecule has 144 valence electrons. The highest BCUT2D eigenvalue weighted by Crippen LogP contribution is 2.16. The van der Waals surface area contributed by atoms with Gasteiger partial charge in [-0.1, -0.05) is 56.3 Å². The molecule has 1 fully saturated rings. The van der Waals surface area contributed by atoms with Gasteiger partial charge < -0.3 is 15.5 Å². The maximum atomic E-state index is 12.1. The van der Waals surface area contributed by atoms with Crippen molar-refractivity contribution < 1.29 is 4.79 Å². The highest BCUT2D eigenvalue weighted by Gasteiger charge is 2.27. The third-order valence-electron chi connectivity index (χ3n) is 5.08. The first-order valence-corrected chi connectivity index (χ1v) is 9.80. The van der Waals surface area contributed by atoms with Crippen LogP contribution in [0, 0.1) is 5.92 Å². The van der Waals surface area contributed by atoms with Gasteiger partial charge in [-0.05, 0) is 29.2 Å². The molecule has 2 aromatic carbocycles. The van der Waals surface area contributed by atoms with Crippen molar-refractivity contribution in [3.05, 3.63) is 48.0 Å². The lowest BCUT2D eigenvalue weighted by atomic mass is 10.1. The van der Waals surface area contributed by atoms with Gasteiger partial charge >= 0.3 is 0 Å². The van der Waals surface area contributed by atoms with Crippen LogP contribution in [0.3, 0.4) is 0 Å². The van der Waals surface area contributed by atoms with Crippen molar-refractivity contribution in [2.24, 2.45) is 10.9 Å². The summed E-state index contributed by atoms with van der Waals surface area (Å²) in [5.41, 5.74) is 1.31. The molecule has 0 saturated carbocycles. The fraction of sp³-hybridized carbons (Fsp3) is 0.455. The Morgan fingerprint density at radius 2 is 2.00 bits per heavy atom. The Kier molecular flexibility index (Phi) is 6.32. The predicted octanol–water partition coefficient (Wildman–Crippen LogP) is 2.80.